The monoisotopic (exact) mass is 383 g/mol. The first-order valence-electron chi connectivity index (χ1n) is 9.13. The third-order valence-corrected chi connectivity index (χ3v) is 5.30. The lowest BCUT2D eigenvalue weighted by Crippen LogP contribution is -2.21. The number of phenols is 1. The van der Waals surface area contributed by atoms with Gasteiger partial charge in [-0.3, -0.25) is 14.2 Å². The molecule has 2 aromatic carbocycles. The van der Waals surface area contributed by atoms with Crippen molar-refractivity contribution in [1.82, 2.24) is 4.57 Å². The summed E-state index contributed by atoms with van der Waals surface area (Å²) in [6.07, 6.45) is 0.639. The first kappa shape index (κ1) is 19.6. The summed E-state index contributed by atoms with van der Waals surface area (Å²) in [5.74, 6) is -3.00. The van der Waals surface area contributed by atoms with Crippen molar-refractivity contribution < 1.29 is 24.2 Å². The van der Waals surface area contributed by atoms with Crippen LogP contribution in [-0.4, -0.2) is 26.7 Å². The van der Waals surface area contributed by atoms with Crippen LogP contribution in [0.15, 0.2) is 42.5 Å². The molecule has 0 bridgehead atoms. The number of carbonyl (C=O) groups is 2. The second kappa shape index (κ2) is 7.46. The van der Waals surface area contributed by atoms with Crippen molar-refractivity contribution in [1.29, 1.82) is 0 Å². The summed E-state index contributed by atoms with van der Waals surface area (Å²) in [5, 5.41) is 20.4. The zero-order valence-electron chi connectivity index (χ0n) is 15.9. The molecule has 0 fully saturated rings. The molecule has 1 unspecified atom stereocenters. The predicted octanol–water partition coefficient (Wildman–Crippen LogP) is 4.70. The van der Waals surface area contributed by atoms with E-state index in [-0.39, 0.29) is 17.2 Å². The number of hydrogen-bond donors (Lipinski definition) is 2. The van der Waals surface area contributed by atoms with Crippen LogP contribution in [0.25, 0.3) is 10.9 Å². The van der Waals surface area contributed by atoms with Crippen molar-refractivity contribution in [3.8, 4) is 5.75 Å². The molecule has 0 radical (unpaired) electrons. The van der Waals surface area contributed by atoms with E-state index < -0.39 is 23.6 Å². The molecule has 2 N–H and O–H groups in total. The maximum atomic E-state index is 13.6. The van der Waals surface area contributed by atoms with Gasteiger partial charge in [0.15, 0.2) is 0 Å². The van der Waals surface area contributed by atoms with Gasteiger partial charge in [0, 0.05) is 16.6 Å². The zero-order chi connectivity index (χ0) is 20.6. The SMILES string of the molecule is CC[C@H](C)C(C(=O)O)c1c(C)n(C(=O)c2cccc(F)c2)c2ccc(O)cc12. The van der Waals surface area contributed by atoms with Crippen molar-refractivity contribution >= 4 is 22.8 Å². The van der Waals surface area contributed by atoms with Crippen molar-refractivity contribution in [3.05, 3.63) is 65.1 Å². The van der Waals surface area contributed by atoms with Gasteiger partial charge in [-0.25, -0.2) is 4.39 Å². The van der Waals surface area contributed by atoms with E-state index in [0.717, 1.165) is 6.07 Å². The Bertz CT molecular complexity index is 1070. The number of phenolic OH excluding ortho intramolecular Hbond substituents is 1. The molecule has 5 nitrogen and oxygen atoms in total. The number of benzene rings is 2. The molecule has 2 atom stereocenters. The van der Waals surface area contributed by atoms with Crippen LogP contribution in [0.5, 0.6) is 5.75 Å². The van der Waals surface area contributed by atoms with Gasteiger partial charge >= 0.3 is 5.97 Å². The highest BCUT2D eigenvalue weighted by atomic mass is 19.1. The molecule has 28 heavy (non-hydrogen) atoms. The van der Waals surface area contributed by atoms with Crippen LogP contribution in [0, 0.1) is 18.7 Å². The number of carbonyl (C=O) groups excluding carboxylic acids is 1. The molecule has 0 aliphatic heterocycles. The van der Waals surface area contributed by atoms with Crippen LogP contribution in [-0.2, 0) is 4.79 Å². The summed E-state index contributed by atoms with van der Waals surface area (Å²) in [6, 6.07) is 9.87. The van der Waals surface area contributed by atoms with E-state index in [9.17, 15) is 24.2 Å². The Morgan fingerprint density at radius 3 is 2.50 bits per heavy atom. The lowest BCUT2D eigenvalue weighted by Gasteiger charge is -2.20. The number of carboxylic acid groups (broad SMARTS) is 1. The average Bonchev–Trinajstić information content (AvgIpc) is 2.92. The van der Waals surface area contributed by atoms with Crippen LogP contribution in [0.3, 0.4) is 0 Å². The smallest absolute Gasteiger partial charge is 0.311 e. The van der Waals surface area contributed by atoms with Crippen molar-refractivity contribution in [3.63, 3.8) is 0 Å². The molecule has 6 heteroatoms. The third kappa shape index (κ3) is 3.26. The first-order chi connectivity index (χ1) is 13.3. The predicted molar refractivity (Wildman–Crippen MR) is 104 cm³/mol. The molecule has 0 saturated carbocycles. The Morgan fingerprint density at radius 1 is 1.18 bits per heavy atom. The van der Waals surface area contributed by atoms with E-state index >= 15 is 0 Å². The van der Waals surface area contributed by atoms with Crippen LogP contribution in [0.4, 0.5) is 4.39 Å². The largest absolute Gasteiger partial charge is 0.508 e. The fourth-order valence-corrected chi connectivity index (χ4v) is 3.72. The highest BCUT2D eigenvalue weighted by Gasteiger charge is 2.32. The van der Waals surface area contributed by atoms with Crippen molar-refractivity contribution in [2.45, 2.75) is 33.1 Å². The summed E-state index contributed by atoms with van der Waals surface area (Å²) in [7, 11) is 0. The molecule has 0 saturated heterocycles. The topological polar surface area (TPSA) is 79.5 Å². The molecular weight excluding hydrogens is 361 g/mol. The van der Waals surface area contributed by atoms with Gasteiger partial charge in [-0.2, -0.15) is 0 Å². The first-order valence-corrected chi connectivity index (χ1v) is 9.13. The highest BCUT2D eigenvalue weighted by molar-refractivity contribution is 6.05. The summed E-state index contributed by atoms with van der Waals surface area (Å²) in [6.45, 7) is 5.44. The molecule has 3 aromatic rings. The van der Waals surface area contributed by atoms with Crippen LogP contribution in [0.1, 0.15) is 47.8 Å². The number of hydrogen-bond acceptors (Lipinski definition) is 3. The molecule has 1 aromatic heterocycles. The third-order valence-electron chi connectivity index (χ3n) is 5.30. The summed E-state index contributed by atoms with van der Waals surface area (Å²) >= 11 is 0. The molecule has 0 aliphatic rings. The van der Waals surface area contributed by atoms with Crippen LogP contribution in [0.2, 0.25) is 0 Å². The summed E-state index contributed by atoms with van der Waals surface area (Å²) < 4.78 is 15.0. The summed E-state index contributed by atoms with van der Waals surface area (Å²) in [4.78, 5) is 25.2. The van der Waals surface area contributed by atoms with Gasteiger partial charge in [-0.1, -0.05) is 26.3 Å². The van der Waals surface area contributed by atoms with Gasteiger partial charge in [0.1, 0.15) is 11.6 Å². The Hall–Kier alpha value is -3.15. The van der Waals surface area contributed by atoms with E-state index in [1.807, 2.05) is 13.8 Å². The second-order valence-electron chi connectivity index (χ2n) is 7.05. The molecule has 1 heterocycles. The van der Waals surface area contributed by atoms with E-state index in [4.69, 9.17) is 0 Å². The number of fused-ring (bicyclic) bond motifs is 1. The molecule has 0 amide bonds. The fraction of sp³-hybridized carbons (Fsp3) is 0.273. The lowest BCUT2D eigenvalue weighted by atomic mass is 9.84. The average molecular weight is 383 g/mol. The number of carboxylic acids is 1. The number of aromatic hydroxyl groups is 1. The number of aromatic nitrogens is 1. The molecule has 3 rings (SSSR count). The minimum atomic E-state index is -0.988. The Kier molecular flexibility index (Phi) is 5.23. The molecular formula is C22H22FNO4. The molecule has 0 aliphatic carbocycles. The van der Waals surface area contributed by atoms with Crippen molar-refractivity contribution in [2.24, 2.45) is 5.92 Å². The van der Waals surface area contributed by atoms with Crippen molar-refractivity contribution in [2.75, 3.05) is 0 Å². The second-order valence-corrected chi connectivity index (χ2v) is 7.05. The van der Waals surface area contributed by atoms with Gasteiger partial charge < -0.3 is 10.2 Å². The van der Waals surface area contributed by atoms with Gasteiger partial charge in [0.25, 0.3) is 5.91 Å². The maximum absolute atomic E-state index is 13.6. The highest BCUT2D eigenvalue weighted by Crippen LogP contribution is 2.38. The van der Waals surface area contributed by atoms with E-state index in [2.05, 4.69) is 0 Å². The van der Waals surface area contributed by atoms with Gasteiger partial charge in [-0.15, -0.1) is 0 Å². The Balaban J connectivity index is 2.32. The molecule has 146 valence electrons. The lowest BCUT2D eigenvalue weighted by molar-refractivity contribution is -0.140. The maximum Gasteiger partial charge on any atom is 0.311 e. The fourth-order valence-electron chi connectivity index (χ4n) is 3.72. The standard InChI is InChI=1S/C22H22FNO4/c1-4-12(2)19(22(27)28)20-13(3)24(18-9-8-16(25)11-17(18)20)21(26)14-6-5-7-15(23)10-14/h5-12,19,25H,4H2,1-3H3,(H,27,28)/t12-,19?/m0/s1. The minimum absolute atomic E-state index is 0.0163. The van der Waals surface area contributed by atoms with Gasteiger partial charge in [0.2, 0.25) is 0 Å². The van der Waals surface area contributed by atoms with E-state index in [0.29, 0.717) is 28.6 Å². The minimum Gasteiger partial charge on any atom is -0.508 e. The zero-order valence-corrected chi connectivity index (χ0v) is 15.9. The van der Waals surface area contributed by atoms with E-state index in [1.54, 1.807) is 13.0 Å². The quantitative estimate of drug-likeness (QED) is 0.669. The number of aliphatic carboxylic acids is 1. The van der Waals surface area contributed by atoms with Gasteiger partial charge in [0.05, 0.1) is 11.4 Å². The Labute approximate surface area is 162 Å². The number of halogens is 1. The number of rotatable bonds is 5. The van der Waals surface area contributed by atoms with E-state index in [1.165, 1.54) is 34.9 Å². The normalized spacial score (nSPS) is 13.4. The van der Waals surface area contributed by atoms with Gasteiger partial charge in [-0.05, 0) is 54.8 Å². The number of nitrogens with zero attached hydrogens (tertiary/aromatic N) is 1. The molecule has 0 spiro atoms. The van der Waals surface area contributed by atoms with Crippen LogP contribution >= 0.6 is 0 Å². The summed E-state index contributed by atoms with van der Waals surface area (Å²) in [5.41, 5.74) is 1.62. The Morgan fingerprint density at radius 2 is 1.89 bits per heavy atom. The van der Waals surface area contributed by atoms with Crippen LogP contribution < -0.4 is 0 Å².